The number of hydrogen-bond donors (Lipinski definition) is 1. The van der Waals surface area contributed by atoms with E-state index in [2.05, 4.69) is 24.3 Å². The molecule has 5 heteroatoms. The number of fused-ring (bicyclic) bond motifs is 1. The molecule has 3 rings (SSSR count). The van der Waals surface area contributed by atoms with Gasteiger partial charge in [0.15, 0.2) is 0 Å². The van der Waals surface area contributed by atoms with Crippen molar-refractivity contribution in [2.75, 3.05) is 18.6 Å². The van der Waals surface area contributed by atoms with Crippen molar-refractivity contribution < 1.29 is 9.53 Å². The third-order valence-corrected chi connectivity index (χ3v) is 4.78. The van der Waals surface area contributed by atoms with Gasteiger partial charge in [0.05, 0.1) is 12.8 Å². The van der Waals surface area contributed by atoms with Gasteiger partial charge in [-0.05, 0) is 17.7 Å². The quantitative estimate of drug-likeness (QED) is 0.882. The number of aromatic nitrogens is 1. The molecule has 0 radical (unpaired) electrons. The molecule has 0 aliphatic carbocycles. The molecule has 1 aliphatic heterocycles. The zero-order chi connectivity index (χ0) is 14.1. The fourth-order valence-corrected chi connectivity index (χ4v) is 3.82. The monoisotopic (exact) mass is 288 g/mol. The van der Waals surface area contributed by atoms with E-state index in [1.165, 1.54) is 17.6 Å². The molecule has 1 aliphatic rings. The maximum absolute atomic E-state index is 11.8. The van der Waals surface area contributed by atoms with Gasteiger partial charge in [0.25, 0.3) is 0 Å². The second-order valence-corrected chi connectivity index (χ2v) is 5.91. The molecule has 0 spiro atoms. The van der Waals surface area contributed by atoms with E-state index in [1.807, 2.05) is 16.3 Å². The summed E-state index contributed by atoms with van der Waals surface area (Å²) in [5, 5.41) is 0. The lowest BCUT2D eigenvalue weighted by Crippen LogP contribution is -2.14. The second-order valence-electron chi connectivity index (χ2n) is 4.85. The summed E-state index contributed by atoms with van der Waals surface area (Å²) < 4.78 is 6.70. The number of esters is 1. The highest BCUT2D eigenvalue weighted by Gasteiger charge is 2.24. The molecule has 0 amide bonds. The van der Waals surface area contributed by atoms with Crippen molar-refractivity contribution in [3.63, 3.8) is 0 Å². The van der Waals surface area contributed by atoms with Gasteiger partial charge in [-0.25, -0.2) is 4.79 Å². The van der Waals surface area contributed by atoms with E-state index in [1.54, 1.807) is 12.3 Å². The zero-order valence-electron chi connectivity index (χ0n) is 11.2. The summed E-state index contributed by atoms with van der Waals surface area (Å²) in [7, 11) is 1.39. The van der Waals surface area contributed by atoms with E-state index in [-0.39, 0.29) is 5.97 Å². The van der Waals surface area contributed by atoms with E-state index >= 15 is 0 Å². The number of nitrogen functional groups attached to an aromatic ring is 1. The minimum Gasteiger partial charge on any atom is -0.464 e. The molecule has 2 aromatic rings. The Labute approximate surface area is 121 Å². The SMILES string of the molecule is COC(=O)c1cc(N)cn1CC1CSc2ccccc21. The van der Waals surface area contributed by atoms with Crippen molar-refractivity contribution in [1.29, 1.82) is 0 Å². The first-order valence-electron chi connectivity index (χ1n) is 6.44. The molecule has 1 aromatic heterocycles. The van der Waals surface area contributed by atoms with E-state index in [0.29, 0.717) is 17.3 Å². The highest BCUT2D eigenvalue weighted by Crippen LogP contribution is 2.40. The van der Waals surface area contributed by atoms with Crippen molar-refractivity contribution in [2.24, 2.45) is 0 Å². The Hall–Kier alpha value is -1.88. The Balaban J connectivity index is 1.88. The summed E-state index contributed by atoms with van der Waals surface area (Å²) in [6, 6.07) is 10.1. The maximum Gasteiger partial charge on any atom is 0.354 e. The molecule has 1 aromatic carbocycles. The summed E-state index contributed by atoms with van der Waals surface area (Å²) in [5.41, 5.74) is 8.26. The predicted octanol–water partition coefficient (Wildman–Crippen LogP) is 2.75. The molecule has 1 atom stereocenters. The van der Waals surface area contributed by atoms with Crippen LogP contribution in [0, 0.1) is 0 Å². The van der Waals surface area contributed by atoms with Crippen LogP contribution in [0.1, 0.15) is 22.0 Å². The predicted molar refractivity (Wildman–Crippen MR) is 80.1 cm³/mol. The maximum atomic E-state index is 11.8. The smallest absolute Gasteiger partial charge is 0.354 e. The number of rotatable bonds is 3. The Morgan fingerprint density at radius 3 is 3.10 bits per heavy atom. The number of benzene rings is 1. The van der Waals surface area contributed by atoms with Crippen LogP contribution in [0.2, 0.25) is 0 Å². The molecule has 104 valence electrons. The highest BCUT2D eigenvalue weighted by atomic mass is 32.2. The van der Waals surface area contributed by atoms with Gasteiger partial charge in [0.2, 0.25) is 0 Å². The molecule has 2 heterocycles. The molecule has 2 N–H and O–H groups in total. The van der Waals surface area contributed by atoms with Gasteiger partial charge in [-0.1, -0.05) is 18.2 Å². The molecular weight excluding hydrogens is 272 g/mol. The lowest BCUT2D eigenvalue weighted by molar-refractivity contribution is 0.0588. The number of carbonyl (C=O) groups is 1. The second kappa shape index (κ2) is 5.25. The van der Waals surface area contributed by atoms with Crippen LogP contribution >= 0.6 is 11.8 Å². The fourth-order valence-electron chi connectivity index (χ4n) is 2.58. The van der Waals surface area contributed by atoms with Crippen LogP contribution in [0.5, 0.6) is 0 Å². The number of nitrogens with two attached hydrogens (primary N) is 1. The van der Waals surface area contributed by atoms with Gasteiger partial charge in [0.1, 0.15) is 5.69 Å². The van der Waals surface area contributed by atoms with Crippen LogP contribution in [0.3, 0.4) is 0 Å². The van der Waals surface area contributed by atoms with Crippen LogP contribution in [0.4, 0.5) is 5.69 Å². The van der Waals surface area contributed by atoms with Gasteiger partial charge in [-0.2, -0.15) is 0 Å². The van der Waals surface area contributed by atoms with Gasteiger partial charge >= 0.3 is 5.97 Å². The normalized spacial score (nSPS) is 16.9. The fraction of sp³-hybridized carbons (Fsp3) is 0.267. The van der Waals surface area contributed by atoms with Crippen LogP contribution < -0.4 is 5.73 Å². The summed E-state index contributed by atoms with van der Waals surface area (Å²) in [6.45, 7) is 0.742. The lowest BCUT2D eigenvalue weighted by atomic mass is 10.0. The molecule has 4 nitrogen and oxygen atoms in total. The molecule has 0 saturated heterocycles. The molecule has 0 fully saturated rings. The molecule has 1 unspecified atom stereocenters. The van der Waals surface area contributed by atoms with Crippen LogP contribution in [-0.4, -0.2) is 23.4 Å². The number of carbonyl (C=O) groups excluding carboxylic acids is 1. The van der Waals surface area contributed by atoms with Gasteiger partial charge in [0, 0.05) is 29.3 Å². The largest absolute Gasteiger partial charge is 0.464 e. The first-order chi connectivity index (χ1) is 9.69. The number of hydrogen-bond acceptors (Lipinski definition) is 4. The third-order valence-electron chi connectivity index (χ3n) is 3.53. The van der Waals surface area contributed by atoms with Crippen LogP contribution in [0.15, 0.2) is 41.4 Å². The average molecular weight is 288 g/mol. The van der Waals surface area contributed by atoms with Crippen molar-refractivity contribution in [3.05, 3.63) is 47.8 Å². The minimum absolute atomic E-state index is 0.347. The van der Waals surface area contributed by atoms with E-state index in [4.69, 9.17) is 10.5 Å². The van der Waals surface area contributed by atoms with Gasteiger partial charge < -0.3 is 15.0 Å². The minimum atomic E-state index is -0.347. The topological polar surface area (TPSA) is 57.2 Å². The first kappa shape index (κ1) is 13.1. The highest BCUT2D eigenvalue weighted by molar-refractivity contribution is 7.99. The van der Waals surface area contributed by atoms with Crippen molar-refractivity contribution in [2.45, 2.75) is 17.4 Å². The molecule has 20 heavy (non-hydrogen) atoms. The molecule has 0 saturated carbocycles. The van der Waals surface area contributed by atoms with Crippen molar-refractivity contribution >= 4 is 23.4 Å². The van der Waals surface area contributed by atoms with Gasteiger partial charge in [-0.3, -0.25) is 0 Å². The van der Waals surface area contributed by atoms with Crippen LogP contribution in [0.25, 0.3) is 0 Å². The van der Waals surface area contributed by atoms with Gasteiger partial charge in [-0.15, -0.1) is 11.8 Å². The summed E-state index contributed by atoms with van der Waals surface area (Å²) in [4.78, 5) is 13.1. The average Bonchev–Trinajstić information content (AvgIpc) is 3.03. The molecule has 0 bridgehead atoms. The Kier molecular flexibility index (Phi) is 3.44. The number of thioether (sulfide) groups is 1. The Morgan fingerprint density at radius 1 is 1.50 bits per heavy atom. The van der Waals surface area contributed by atoms with E-state index < -0.39 is 0 Å². The number of methoxy groups -OCH3 is 1. The number of nitrogens with zero attached hydrogens (tertiary/aromatic N) is 1. The Bertz CT molecular complexity index is 651. The van der Waals surface area contributed by atoms with Crippen molar-refractivity contribution in [1.82, 2.24) is 4.57 Å². The third kappa shape index (κ3) is 2.29. The van der Waals surface area contributed by atoms with E-state index in [9.17, 15) is 4.79 Å². The Morgan fingerprint density at radius 2 is 2.30 bits per heavy atom. The first-order valence-corrected chi connectivity index (χ1v) is 7.43. The number of ether oxygens (including phenoxy) is 1. The van der Waals surface area contributed by atoms with Crippen molar-refractivity contribution in [3.8, 4) is 0 Å². The number of anilines is 1. The van der Waals surface area contributed by atoms with Crippen LogP contribution in [-0.2, 0) is 11.3 Å². The summed E-state index contributed by atoms with van der Waals surface area (Å²) in [6.07, 6.45) is 1.80. The standard InChI is InChI=1S/C15H16N2O2S/c1-19-15(18)13-6-11(16)8-17(13)7-10-9-20-14-5-3-2-4-12(10)14/h2-6,8,10H,7,9,16H2,1H3. The summed E-state index contributed by atoms with van der Waals surface area (Å²) >= 11 is 1.86. The van der Waals surface area contributed by atoms with E-state index in [0.717, 1.165) is 12.3 Å². The summed E-state index contributed by atoms with van der Waals surface area (Å²) in [5.74, 6) is 1.07. The zero-order valence-corrected chi connectivity index (χ0v) is 12.0. The lowest BCUT2D eigenvalue weighted by Gasteiger charge is -2.14. The molecular formula is C15H16N2O2S.